The van der Waals surface area contributed by atoms with Crippen LogP contribution in [-0.2, 0) is 0 Å². The molecule has 0 aromatic heterocycles. The predicted octanol–water partition coefficient (Wildman–Crippen LogP) is 2.34. The maximum Gasteiger partial charge on any atom is 0.0638 e. The first kappa shape index (κ1) is 3.50. The van der Waals surface area contributed by atoms with E-state index in [2.05, 4.69) is 0 Å². The Bertz CT molecular complexity index is 165. The van der Waals surface area contributed by atoms with Crippen LogP contribution < -0.4 is 0 Å². The van der Waals surface area contributed by atoms with Gasteiger partial charge in [-0.25, -0.2) is 0 Å². The summed E-state index contributed by atoms with van der Waals surface area (Å²) in [6.07, 6.45) is 0. The van der Waals surface area contributed by atoms with Gasteiger partial charge in [0.15, 0.2) is 0 Å². The molecule has 0 aliphatic heterocycles. The highest BCUT2D eigenvalue weighted by atomic mass is 35.5. The molecule has 0 bridgehead atoms. The van der Waals surface area contributed by atoms with Gasteiger partial charge < -0.3 is 0 Å². The fourth-order valence-electron chi connectivity index (χ4n) is 0.371. The molecule has 7 heavy (non-hydrogen) atoms. The van der Waals surface area contributed by atoms with Crippen LogP contribution in [0.2, 0.25) is 5.02 Å². The monoisotopic (exact) mass is 113 g/mol. The number of hydrogen-bond acceptors (Lipinski definition) is 0. The minimum atomic E-state index is 0.383. The zero-order valence-electron chi connectivity index (χ0n) is 4.69. The number of rotatable bonds is 0. The predicted molar refractivity (Wildman–Crippen MR) is 31.5 cm³/mol. The third kappa shape index (κ3) is 1.20. The van der Waals surface area contributed by atoms with Gasteiger partial charge in [-0.2, -0.15) is 0 Å². The lowest BCUT2D eigenvalue weighted by atomic mass is 10.4. The summed E-state index contributed by atoms with van der Waals surface area (Å²) in [5.41, 5.74) is 0. The maximum atomic E-state index is 7.09. The largest absolute Gasteiger partial charge is 0.0843 e. The van der Waals surface area contributed by atoms with E-state index in [9.17, 15) is 0 Å². The highest BCUT2D eigenvalue weighted by Gasteiger charge is 1.74. The summed E-state index contributed by atoms with van der Waals surface area (Å²) in [4.78, 5) is 0. The molecule has 0 saturated carbocycles. The highest BCUT2D eigenvalue weighted by Crippen LogP contribution is 2.03. The molecule has 0 nitrogen and oxygen atoms in total. The second-order valence-corrected chi connectivity index (χ2v) is 1.62. The van der Waals surface area contributed by atoms with Crippen molar-refractivity contribution in [3.63, 3.8) is 0 Å². The summed E-state index contributed by atoms with van der Waals surface area (Å²) < 4.78 is 7.09. The van der Waals surface area contributed by atoms with Crippen molar-refractivity contribution in [1.29, 1.82) is 0 Å². The standard InChI is InChI=1S/C6H5Cl/c7-6-4-2-1-3-5-6/h1-5H/i4D. The molecule has 0 unspecified atom stereocenters. The molecule has 0 spiro atoms. The van der Waals surface area contributed by atoms with Crippen molar-refractivity contribution in [2.24, 2.45) is 0 Å². The summed E-state index contributed by atoms with van der Waals surface area (Å²) in [7, 11) is 0. The lowest BCUT2D eigenvalue weighted by Crippen LogP contribution is -1.55. The van der Waals surface area contributed by atoms with E-state index in [-0.39, 0.29) is 0 Å². The molecule has 0 heterocycles. The fourth-order valence-corrected chi connectivity index (χ4v) is 0.507. The minimum absolute atomic E-state index is 0.383. The Kier molecular flexibility index (Phi) is 0.995. The van der Waals surface area contributed by atoms with Crippen molar-refractivity contribution in [3.8, 4) is 0 Å². The third-order valence-electron chi connectivity index (χ3n) is 0.671. The van der Waals surface area contributed by atoms with Gasteiger partial charge in [-0.1, -0.05) is 29.8 Å². The van der Waals surface area contributed by atoms with Crippen LogP contribution >= 0.6 is 11.6 Å². The molecule has 36 valence electrons. The molecular formula is C6H5Cl. The average molecular weight is 114 g/mol. The summed E-state index contributed by atoms with van der Waals surface area (Å²) in [5, 5.41) is 0.507. The van der Waals surface area contributed by atoms with Gasteiger partial charge in [-0.3, -0.25) is 0 Å². The van der Waals surface area contributed by atoms with Crippen LogP contribution in [0, 0.1) is 0 Å². The van der Waals surface area contributed by atoms with E-state index in [4.69, 9.17) is 13.0 Å². The first-order valence-electron chi connectivity index (χ1n) is 2.52. The lowest BCUT2D eigenvalue weighted by Gasteiger charge is -1.80. The minimum Gasteiger partial charge on any atom is -0.0843 e. The first-order chi connectivity index (χ1) is 3.80. The van der Waals surface area contributed by atoms with E-state index in [1.165, 1.54) is 0 Å². The molecule has 0 fully saturated rings. The molecule has 1 rings (SSSR count). The number of halogens is 1. The van der Waals surface area contributed by atoms with E-state index in [0.717, 1.165) is 0 Å². The van der Waals surface area contributed by atoms with E-state index < -0.39 is 0 Å². The molecule has 0 atom stereocenters. The Labute approximate surface area is 49.1 Å². The van der Waals surface area contributed by atoms with Crippen LogP contribution in [0.3, 0.4) is 0 Å². The second-order valence-electron chi connectivity index (χ2n) is 1.21. The van der Waals surface area contributed by atoms with Crippen molar-refractivity contribution in [2.75, 3.05) is 0 Å². The van der Waals surface area contributed by atoms with Crippen molar-refractivity contribution in [2.45, 2.75) is 0 Å². The zero-order valence-corrected chi connectivity index (χ0v) is 4.44. The van der Waals surface area contributed by atoms with Gasteiger partial charge in [0.2, 0.25) is 0 Å². The number of benzene rings is 1. The van der Waals surface area contributed by atoms with E-state index in [1.807, 2.05) is 0 Å². The molecule has 0 aliphatic rings. The molecule has 0 aliphatic carbocycles. The fraction of sp³-hybridized carbons (Fsp3) is 0. The third-order valence-corrected chi connectivity index (χ3v) is 0.906. The van der Waals surface area contributed by atoms with Crippen molar-refractivity contribution in [1.82, 2.24) is 0 Å². The van der Waals surface area contributed by atoms with Gasteiger partial charge in [0.1, 0.15) is 0 Å². The van der Waals surface area contributed by atoms with Crippen molar-refractivity contribution < 1.29 is 1.37 Å². The smallest absolute Gasteiger partial charge is 0.0638 e. The number of hydrogen-bond donors (Lipinski definition) is 0. The average Bonchev–Trinajstić information content (AvgIpc) is 1.77. The molecule has 0 N–H and O–H groups in total. The van der Waals surface area contributed by atoms with Crippen LogP contribution in [0.5, 0.6) is 0 Å². The van der Waals surface area contributed by atoms with Crippen LogP contribution in [0.1, 0.15) is 1.37 Å². The van der Waals surface area contributed by atoms with Gasteiger partial charge in [-0.05, 0) is 12.1 Å². The highest BCUT2D eigenvalue weighted by molar-refractivity contribution is 6.30. The summed E-state index contributed by atoms with van der Waals surface area (Å²) >= 11 is 5.52. The molecule has 0 radical (unpaired) electrons. The SMILES string of the molecule is [2H]c1ccccc1Cl. The van der Waals surface area contributed by atoms with Gasteiger partial charge in [0.05, 0.1) is 1.37 Å². The van der Waals surface area contributed by atoms with Crippen molar-refractivity contribution >= 4 is 11.6 Å². The molecule has 1 aromatic carbocycles. The molecule has 0 amide bonds. The molecule has 0 saturated heterocycles. The lowest BCUT2D eigenvalue weighted by molar-refractivity contribution is 1.71. The van der Waals surface area contributed by atoms with E-state index in [1.54, 1.807) is 24.3 Å². The van der Waals surface area contributed by atoms with Crippen molar-refractivity contribution in [3.05, 3.63) is 35.3 Å². The molecule has 1 heteroatoms. The second kappa shape index (κ2) is 1.99. The summed E-state index contributed by atoms with van der Waals surface area (Å²) in [6.45, 7) is 0. The Hall–Kier alpha value is -0.490. The van der Waals surface area contributed by atoms with Crippen LogP contribution in [0.4, 0.5) is 0 Å². The van der Waals surface area contributed by atoms with Crippen LogP contribution in [0.25, 0.3) is 0 Å². The Morgan fingerprint density at radius 1 is 1.43 bits per heavy atom. The van der Waals surface area contributed by atoms with Crippen LogP contribution in [-0.4, -0.2) is 0 Å². The van der Waals surface area contributed by atoms with E-state index in [0.29, 0.717) is 11.1 Å². The molecular weight excluding hydrogens is 108 g/mol. The van der Waals surface area contributed by atoms with E-state index >= 15 is 0 Å². The first-order valence-corrected chi connectivity index (χ1v) is 2.39. The van der Waals surface area contributed by atoms with Gasteiger partial charge >= 0.3 is 0 Å². The topological polar surface area (TPSA) is 0 Å². The van der Waals surface area contributed by atoms with Gasteiger partial charge in [0.25, 0.3) is 0 Å². The van der Waals surface area contributed by atoms with Gasteiger partial charge in [-0.15, -0.1) is 0 Å². The normalized spacial score (nSPS) is 10.7. The maximum absolute atomic E-state index is 7.09. The summed E-state index contributed by atoms with van der Waals surface area (Å²) in [6, 6.07) is 7.33. The Morgan fingerprint density at radius 3 is 2.71 bits per heavy atom. The van der Waals surface area contributed by atoms with Gasteiger partial charge in [0, 0.05) is 5.02 Å². The Balaban J connectivity index is 3.13. The van der Waals surface area contributed by atoms with Crippen LogP contribution in [0.15, 0.2) is 30.3 Å². The quantitative estimate of drug-likeness (QED) is 0.485. The zero-order chi connectivity index (χ0) is 5.98. The molecule has 1 aromatic rings. The summed E-state index contributed by atoms with van der Waals surface area (Å²) in [5.74, 6) is 0. The Morgan fingerprint density at radius 2 is 2.29 bits per heavy atom.